The molecule has 4 rings (SSSR count). The number of carbonyl (C=O) groups excluding carboxylic acids is 2. The van der Waals surface area contributed by atoms with Gasteiger partial charge in [0.25, 0.3) is 0 Å². The molecule has 6 nitrogen and oxygen atoms in total. The fourth-order valence-electron chi connectivity index (χ4n) is 2.91. The highest BCUT2D eigenvalue weighted by Crippen LogP contribution is 2.31. The number of aliphatic hydroxyl groups is 1. The molecule has 28 heavy (non-hydrogen) atoms. The van der Waals surface area contributed by atoms with Crippen LogP contribution >= 0.6 is 11.3 Å². The van der Waals surface area contributed by atoms with Crippen molar-refractivity contribution >= 4 is 45.8 Å². The predicted molar refractivity (Wildman–Crippen MR) is 110 cm³/mol. The molecule has 0 fully saturated rings. The third-order valence-corrected chi connectivity index (χ3v) is 4.97. The Hall–Kier alpha value is -3.58. The van der Waals surface area contributed by atoms with E-state index in [-0.39, 0.29) is 23.0 Å². The summed E-state index contributed by atoms with van der Waals surface area (Å²) in [7, 11) is 0. The number of benzene rings is 2. The van der Waals surface area contributed by atoms with E-state index >= 15 is 0 Å². The van der Waals surface area contributed by atoms with Crippen molar-refractivity contribution in [3.8, 4) is 11.3 Å². The molecule has 3 aromatic rings. The van der Waals surface area contributed by atoms with Crippen LogP contribution < -0.4 is 5.32 Å². The van der Waals surface area contributed by atoms with Crippen LogP contribution in [0.15, 0.2) is 64.5 Å². The van der Waals surface area contributed by atoms with Crippen LogP contribution in [-0.4, -0.2) is 28.0 Å². The number of fused-ring (bicyclic) bond motifs is 1. The van der Waals surface area contributed by atoms with E-state index in [4.69, 9.17) is 0 Å². The molecule has 138 valence electrons. The highest BCUT2D eigenvalue weighted by molar-refractivity contribution is 7.13. The molecule has 2 aromatic carbocycles. The van der Waals surface area contributed by atoms with Crippen LogP contribution in [-0.2, 0) is 4.79 Å². The van der Waals surface area contributed by atoms with Gasteiger partial charge in [0.15, 0.2) is 5.78 Å². The van der Waals surface area contributed by atoms with Crippen LogP contribution in [0.2, 0.25) is 0 Å². The number of hydrogen-bond donors (Lipinski definition) is 2. The van der Waals surface area contributed by atoms with Gasteiger partial charge in [-0.2, -0.15) is 0 Å². The van der Waals surface area contributed by atoms with Gasteiger partial charge in [0.2, 0.25) is 11.0 Å². The van der Waals surface area contributed by atoms with Gasteiger partial charge < -0.3 is 10.4 Å². The smallest absolute Gasteiger partial charge is 0.221 e. The molecule has 2 N–H and O–H groups in total. The van der Waals surface area contributed by atoms with E-state index in [9.17, 15) is 14.7 Å². The second-order valence-electron chi connectivity index (χ2n) is 6.17. The summed E-state index contributed by atoms with van der Waals surface area (Å²) < 4.78 is 0. The maximum absolute atomic E-state index is 12.4. The lowest BCUT2D eigenvalue weighted by molar-refractivity contribution is -0.114. The number of aromatic nitrogens is 1. The highest BCUT2D eigenvalue weighted by Gasteiger charge is 2.28. The van der Waals surface area contributed by atoms with E-state index in [2.05, 4.69) is 15.3 Å². The Morgan fingerprint density at radius 2 is 1.86 bits per heavy atom. The minimum atomic E-state index is -0.248. The zero-order valence-electron chi connectivity index (χ0n) is 14.8. The fourth-order valence-corrected chi connectivity index (χ4v) is 3.58. The van der Waals surface area contributed by atoms with Crippen LogP contribution in [0.3, 0.4) is 0 Å². The lowest BCUT2D eigenvalue weighted by atomic mass is 10.1. The van der Waals surface area contributed by atoms with Crippen LogP contribution in [0.25, 0.3) is 17.0 Å². The lowest BCUT2D eigenvalue weighted by Gasteiger charge is -2.02. The normalized spacial score (nSPS) is 13.2. The first kappa shape index (κ1) is 17.8. The van der Waals surface area contributed by atoms with E-state index in [0.29, 0.717) is 21.9 Å². The molecule has 0 spiro atoms. The topological polar surface area (TPSA) is 91.6 Å². The minimum absolute atomic E-state index is 0.0605. The Morgan fingerprint density at radius 1 is 1.14 bits per heavy atom. The van der Waals surface area contributed by atoms with Crippen molar-refractivity contribution in [3.63, 3.8) is 0 Å². The zero-order valence-corrected chi connectivity index (χ0v) is 15.7. The molecule has 0 bridgehead atoms. The van der Waals surface area contributed by atoms with E-state index in [1.54, 1.807) is 36.4 Å². The maximum Gasteiger partial charge on any atom is 0.221 e. The van der Waals surface area contributed by atoms with Gasteiger partial charge in [0.05, 0.1) is 11.3 Å². The van der Waals surface area contributed by atoms with Gasteiger partial charge in [0, 0.05) is 40.9 Å². The standard InChI is InChI=1S/C21H15N3O3S/c1-12(25)23-14-8-6-13(7-9-14)18-11-28-21(24-18)22-10-17-19(26)15-4-2-3-5-16(15)20(17)27/h2-11,26H,1H3,(H,23,25)/b22-10+. The molecule has 0 saturated heterocycles. The fraction of sp³-hybridized carbons (Fsp3) is 0.0476. The molecule has 1 heterocycles. The quantitative estimate of drug-likeness (QED) is 0.636. The Bertz CT molecular complexity index is 1140. The molecule has 7 heteroatoms. The monoisotopic (exact) mass is 389 g/mol. The van der Waals surface area contributed by atoms with Crippen molar-refractivity contribution in [1.82, 2.24) is 4.98 Å². The molecule has 1 aromatic heterocycles. The number of anilines is 1. The number of amides is 1. The number of nitrogens with zero attached hydrogens (tertiary/aromatic N) is 2. The zero-order chi connectivity index (χ0) is 19.7. The molecule has 0 unspecified atom stereocenters. The molecule has 0 radical (unpaired) electrons. The van der Waals surface area contributed by atoms with Gasteiger partial charge in [-0.3, -0.25) is 9.59 Å². The van der Waals surface area contributed by atoms with E-state index in [1.807, 2.05) is 17.5 Å². The Morgan fingerprint density at radius 3 is 2.54 bits per heavy atom. The van der Waals surface area contributed by atoms with Crippen molar-refractivity contribution in [2.45, 2.75) is 6.92 Å². The van der Waals surface area contributed by atoms with Crippen LogP contribution in [0, 0.1) is 0 Å². The number of aliphatic imine (C=N–C) groups is 1. The molecule has 0 atom stereocenters. The Kier molecular flexibility index (Phi) is 4.58. The molecular formula is C21H15N3O3S. The number of nitrogens with one attached hydrogen (secondary N) is 1. The van der Waals surface area contributed by atoms with E-state index < -0.39 is 0 Å². The summed E-state index contributed by atoms with van der Waals surface area (Å²) in [5.41, 5.74) is 3.50. The summed E-state index contributed by atoms with van der Waals surface area (Å²) in [6.45, 7) is 1.46. The Balaban J connectivity index is 1.54. The SMILES string of the molecule is CC(=O)Nc1ccc(-c2csc(/N=C/C3=C(O)c4ccccc4C3=O)n2)cc1. The number of allylic oxidation sites excluding steroid dienone is 1. The first-order chi connectivity index (χ1) is 13.5. The van der Waals surface area contributed by atoms with Gasteiger partial charge in [-0.15, -0.1) is 11.3 Å². The van der Waals surface area contributed by atoms with Gasteiger partial charge >= 0.3 is 0 Å². The Labute approximate surface area is 164 Å². The number of aliphatic hydroxyl groups excluding tert-OH is 1. The molecule has 0 saturated carbocycles. The molecule has 1 aliphatic carbocycles. The summed E-state index contributed by atoms with van der Waals surface area (Å²) >= 11 is 1.33. The number of carbonyl (C=O) groups is 2. The van der Waals surface area contributed by atoms with Crippen molar-refractivity contribution in [2.75, 3.05) is 5.32 Å². The molecule has 1 aliphatic rings. The maximum atomic E-state index is 12.4. The number of Topliss-reactive ketones (excluding diaryl/α,β-unsaturated/α-hetero) is 1. The van der Waals surface area contributed by atoms with Gasteiger partial charge in [-0.05, 0) is 12.1 Å². The summed E-state index contributed by atoms with van der Waals surface area (Å²) in [5.74, 6) is -0.434. The number of hydrogen-bond acceptors (Lipinski definition) is 6. The van der Waals surface area contributed by atoms with Gasteiger partial charge in [0.1, 0.15) is 5.76 Å². The predicted octanol–water partition coefficient (Wildman–Crippen LogP) is 4.64. The number of rotatable bonds is 4. The highest BCUT2D eigenvalue weighted by atomic mass is 32.1. The summed E-state index contributed by atoms with van der Waals surface area (Å²) in [5, 5.41) is 15.3. The third kappa shape index (κ3) is 3.35. The average molecular weight is 389 g/mol. The second kappa shape index (κ2) is 7.21. The largest absolute Gasteiger partial charge is 0.506 e. The summed E-state index contributed by atoms with van der Waals surface area (Å²) in [6, 6.07) is 14.2. The molecule has 1 amide bonds. The molecular weight excluding hydrogens is 374 g/mol. The summed E-state index contributed by atoms with van der Waals surface area (Å²) in [6.07, 6.45) is 1.36. The van der Waals surface area contributed by atoms with E-state index in [1.165, 1.54) is 24.5 Å². The van der Waals surface area contributed by atoms with Gasteiger partial charge in [-0.25, -0.2) is 9.98 Å². The summed E-state index contributed by atoms with van der Waals surface area (Å²) in [4.78, 5) is 32.2. The van der Waals surface area contributed by atoms with Crippen molar-refractivity contribution in [3.05, 3.63) is 70.6 Å². The molecule has 0 aliphatic heterocycles. The third-order valence-electron chi connectivity index (χ3n) is 4.22. The number of ketones is 1. The van der Waals surface area contributed by atoms with Crippen molar-refractivity contribution < 1.29 is 14.7 Å². The van der Waals surface area contributed by atoms with Crippen LogP contribution in [0.1, 0.15) is 22.8 Å². The number of thiazole rings is 1. The van der Waals surface area contributed by atoms with Crippen LogP contribution in [0.4, 0.5) is 10.8 Å². The first-order valence-corrected chi connectivity index (χ1v) is 9.36. The minimum Gasteiger partial charge on any atom is -0.506 e. The van der Waals surface area contributed by atoms with Gasteiger partial charge in [-0.1, -0.05) is 36.4 Å². The average Bonchev–Trinajstić information content (AvgIpc) is 3.25. The second-order valence-corrected chi connectivity index (χ2v) is 7.01. The lowest BCUT2D eigenvalue weighted by Crippen LogP contribution is -2.05. The van der Waals surface area contributed by atoms with E-state index in [0.717, 1.165) is 11.3 Å². The van der Waals surface area contributed by atoms with Crippen molar-refractivity contribution in [1.29, 1.82) is 0 Å². The van der Waals surface area contributed by atoms with Crippen molar-refractivity contribution in [2.24, 2.45) is 4.99 Å². The van der Waals surface area contributed by atoms with Crippen LogP contribution in [0.5, 0.6) is 0 Å². The first-order valence-electron chi connectivity index (χ1n) is 8.48.